The third-order valence-electron chi connectivity index (χ3n) is 3.53. The molecule has 0 aliphatic carbocycles. The van der Waals surface area contributed by atoms with Crippen LogP contribution in [0.1, 0.15) is 11.1 Å². The Balaban J connectivity index is 1.47. The van der Waals surface area contributed by atoms with E-state index in [4.69, 9.17) is 21.1 Å². The lowest BCUT2D eigenvalue weighted by atomic mass is 10.2. The highest BCUT2D eigenvalue weighted by Crippen LogP contribution is 2.40. The third kappa shape index (κ3) is 3.18. The van der Waals surface area contributed by atoms with Gasteiger partial charge in [-0.1, -0.05) is 53.7 Å². The fourth-order valence-electron chi connectivity index (χ4n) is 2.41. The molecule has 3 aromatic rings. The molecule has 1 aliphatic heterocycles. The first-order chi connectivity index (χ1) is 11.8. The molecule has 0 fully saturated rings. The molecule has 1 aliphatic rings. The molecule has 6 nitrogen and oxygen atoms in total. The monoisotopic (exact) mass is 360 g/mol. The van der Waals surface area contributed by atoms with Gasteiger partial charge in [-0.05, 0) is 33.7 Å². The molecule has 0 N–H and O–H groups in total. The van der Waals surface area contributed by atoms with Crippen LogP contribution in [0.2, 0.25) is 5.02 Å². The summed E-state index contributed by atoms with van der Waals surface area (Å²) in [5.41, 5.74) is 2.18. The Morgan fingerprint density at radius 1 is 1.12 bits per heavy atom. The number of tetrazole rings is 1. The Hall–Kier alpha value is -2.25. The van der Waals surface area contributed by atoms with Gasteiger partial charge in [0.25, 0.3) is 0 Å². The highest BCUT2D eigenvalue weighted by atomic mass is 35.5. The van der Waals surface area contributed by atoms with Gasteiger partial charge in [0.15, 0.2) is 11.5 Å². The van der Waals surface area contributed by atoms with Gasteiger partial charge < -0.3 is 9.47 Å². The van der Waals surface area contributed by atoms with Crippen LogP contribution in [0.4, 0.5) is 0 Å². The van der Waals surface area contributed by atoms with Gasteiger partial charge in [0, 0.05) is 5.75 Å². The van der Waals surface area contributed by atoms with E-state index in [0.29, 0.717) is 28.8 Å². The molecular weight excluding hydrogens is 348 g/mol. The predicted octanol–water partition coefficient (Wildman–Crippen LogP) is 3.40. The molecule has 2 heterocycles. The van der Waals surface area contributed by atoms with Crippen molar-refractivity contribution in [2.24, 2.45) is 0 Å². The van der Waals surface area contributed by atoms with Crippen molar-refractivity contribution < 1.29 is 9.47 Å². The quantitative estimate of drug-likeness (QED) is 0.650. The van der Waals surface area contributed by atoms with Gasteiger partial charge in [-0.3, -0.25) is 0 Å². The molecule has 0 radical (unpaired) electrons. The number of hydrogen-bond donors (Lipinski definition) is 0. The number of fused-ring (bicyclic) bond motifs is 1. The molecular formula is C16H13ClN4O2S. The molecule has 1 aromatic heterocycles. The molecule has 0 saturated carbocycles. The van der Waals surface area contributed by atoms with Crippen molar-refractivity contribution in [3.63, 3.8) is 0 Å². The smallest absolute Gasteiger partial charge is 0.231 e. The zero-order chi connectivity index (χ0) is 16.4. The van der Waals surface area contributed by atoms with Crippen LogP contribution in [0.3, 0.4) is 0 Å². The second kappa shape index (κ2) is 6.70. The Labute approximate surface area is 147 Å². The Morgan fingerprint density at radius 3 is 2.88 bits per heavy atom. The number of halogens is 1. The molecule has 24 heavy (non-hydrogen) atoms. The Kier molecular flexibility index (Phi) is 4.27. The summed E-state index contributed by atoms with van der Waals surface area (Å²) >= 11 is 7.77. The molecule has 122 valence electrons. The lowest BCUT2D eigenvalue weighted by Crippen LogP contribution is -2.03. The van der Waals surface area contributed by atoms with Gasteiger partial charge >= 0.3 is 0 Å². The fraction of sp³-hybridized carbons (Fsp3) is 0.188. The molecule has 0 bridgehead atoms. The van der Waals surface area contributed by atoms with Crippen LogP contribution < -0.4 is 9.47 Å². The fourth-order valence-corrected chi connectivity index (χ4v) is 3.50. The maximum Gasteiger partial charge on any atom is 0.231 e. The summed E-state index contributed by atoms with van der Waals surface area (Å²) in [5.74, 6) is 1.98. The average molecular weight is 361 g/mol. The van der Waals surface area contributed by atoms with Crippen LogP contribution in [0.5, 0.6) is 11.5 Å². The maximum atomic E-state index is 6.21. The van der Waals surface area contributed by atoms with Gasteiger partial charge in [0.2, 0.25) is 11.9 Å². The van der Waals surface area contributed by atoms with Crippen molar-refractivity contribution >= 4 is 23.4 Å². The number of rotatable bonds is 5. The highest BCUT2D eigenvalue weighted by Gasteiger charge is 2.18. The summed E-state index contributed by atoms with van der Waals surface area (Å²) in [7, 11) is 0. The minimum absolute atomic E-state index is 0.209. The first-order valence-electron chi connectivity index (χ1n) is 7.30. The van der Waals surface area contributed by atoms with Gasteiger partial charge in [0.1, 0.15) is 0 Å². The largest absolute Gasteiger partial charge is 0.454 e. The number of nitrogens with zero attached hydrogens (tertiary/aromatic N) is 4. The number of thioether (sulfide) groups is 1. The van der Waals surface area contributed by atoms with E-state index in [-0.39, 0.29) is 6.79 Å². The zero-order valence-electron chi connectivity index (χ0n) is 12.6. The highest BCUT2D eigenvalue weighted by molar-refractivity contribution is 7.98. The molecule has 0 atom stereocenters. The number of benzene rings is 2. The second-order valence-electron chi connectivity index (χ2n) is 5.20. The predicted molar refractivity (Wildman–Crippen MR) is 90.5 cm³/mol. The lowest BCUT2D eigenvalue weighted by molar-refractivity contribution is 0.174. The van der Waals surface area contributed by atoms with E-state index in [1.54, 1.807) is 16.4 Å². The van der Waals surface area contributed by atoms with E-state index in [1.165, 1.54) is 0 Å². The average Bonchev–Trinajstić information content (AvgIpc) is 3.23. The van der Waals surface area contributed by atoms with Crippen molar-refractivity contribution in [1.29, 1.82) is 0 Å². The molecule has 0 amide bonds. The van der Waals surface area contributed by atoms with Crippen molar-refractivity contribution in [3.8, 4) is 11.5 Å². The van der Waals surface area contributed by atoms with Crippen molar-refractivity contribution in [3.05, 3.63) is 58.6 Å². The topological polar surface area (TPSA) is 62.1 Å². The maximum absolute atomic E-state index is 6.21. The van der Waals surface area contributed by atoms with Crippen LogP contribution in [0.25, 0.3) is 0 Å². The van der Waals surface area contributed by atoms with Crippen LogP contribution in [-0.2, 0) is 12.3 Å². The van der Waals surface area contributed by atoms with E-state index in [1.807, 2.05) is 42.5 Å². The van der Waals surface area contributed by atoms with Crippen molar-refractivity contribution in [2.75, 3.05) is 6.79 Å². The minimum atomic E-state index is 0.209. The van der Waals surface area contributed by atoms with Crippen molar-refractivity contribution in [2.45, 2.75) is 17.5 Å². The second-order valence-corrected chi connectivity index (χ2v) is 6.55. The SMILES string of the molecule is Clc1cc(CSc2nnnn2Cc2ccccc2)cc2c1OCO2. The van der Waals surface area contributed by atoms with Crippen molar-refractivity contribution in [1.82, 2.24) is 20.2 Å². The van der Waals surface area contributed by atoms with Gasteiger partial charge in [0.05, 0.1) is 11.6 Å². The molecule has 4 rings (SSSR count). The van der Waals surface area contributed by atoms with Crippen LogP contribution >= 0.6 is 23.4 Å². The summed E-state index contributed by atoms with van der Waals surface area (Å²) in [5, 5.41) is 13.3. The van der Waals surface area contributed by atoms with E-state index in [9.17, 15) is 0 Å². The van der Waals surface area contributed by atoms with E-state index in [0.717, 1.165) is 16.3 Å². The number of ether oxygens (including phenoxy) is 2. The Bertz CT molecular complexity index is 857. The third-order valence-corrected chi connectivity index (χ3v) is 4.84. The first kappa shape index (κ1) is 15.3. The molecule has 2 aromatic carbocycles. The van der Waals surface area contributed by atoms with Gasteiger partial charge in [-0.25, -0.2) is 4.68 Å². The zero-order valence-corrected chi connectivity index (χ0v) is 14.1. The molecule has 0 saturated heterocycles. The van der Waals surface area contributed by atoms with Crippen LogP contribution in [-0.4, -0.2) is 27.0 Å². The minimum Gasteiger partial charge on any atom is -0.454 e. The van der Waals surface area contributed by atoms with E-state index in [2.05, 4.69) is 15.5 Å². The standard InChI is InChI=1S/C16H13ClN4O2S/c17-13-6-12(7-14-15(13)23-10-22-14)9-24-16-18-19-20-21(16)8-11-4-2-1-3-5-11/h1-7H,8-10H2. The number of aromatic nitrogens is 4. The summed E-state index contributed by atoms with van der Waals surface area (Å²) in [6.45, 7) is 0.846. The summed E-state index contributed by atoms with van der Waals surface area (Å²) in [6.07, 6.45) is 0. The van der Waals surface area contributed by atoms with E-state index >= 15 is 0 Å². The summed E-state index contributed by atoms with van der Waals surface area (Å²) < 4.78 is 12.5. The van der Waals surface area contributed by atoms with Crippen LogP contribution in [0.15, 0.2) is 47.6 Å². The number of hydrogen-bond acceptors (Lipinski definition) is 6. The van der Waals surface area contributed by atoms with Gasteiger partial charge in [-0.15, -0.1) is 5.10 Å². The summed E-state index contributed by atoms with van der Waals surface area (Å²) in [4.78, 5) is 0. The van der Waals surface area contributed by atoms with E-state index < -0.39 is 0 Å². The summed E-state index contributed by atoms with van der Waals surface area (Å²) in [6, 6.07) is 13.9. The Morgan fingerprint density at radius 2 is 2.00 bits per heavy atom. The normalized spacial score (nSPS) is 12.5. The lowest BCUT2D eigenvalue weighted by Gasteiger charge is -2.06. The first-order valence-corrected chi connectivity index (χ1v) is 8.67. The van der Waals surface area contributed by atoms with Crippen LogP contribution in [0, 0.1) is 0 Å². The van der Waals surface area contributed by atoms with Gasteiger partial charge in [-0.2, -0.15) is 0 Å². The molecule has 0 unspecified atom stereocenters. The molecule has 0 spiro atoms. The molecule has 8 heteroatoms.